The first kappa shape index (κ1) is 23.4. The van der Waals surface area contributed by atoms with Crippen molar-refractivity contribution in [3.63, 3.8) is 0 Å². The second-order valence-electron chi connectivity index (χ2n) is 9.07. The van der Waals surface area contributed by atoms with Gasteiger partial charge in [-0.25, -0.2) is 9.97 Å². The quantitative estimate of drug-likeness (QED) is 0.420. The monoisotopic (exact) mass is 481 g/mol. The van der Waals surface area contributed by atoms with E-state index in [9.17, 15) is 14.4 Å². The number of hydrogen-bond acceptors (Lipinski definition) is 6. The van der Waals surface area contributed by atoms with Gasteiger partial charge in [-0.2, -0.15) is 0 Å². The summed E-state index contributed by atoms with van der Waals surface area (Å²) in [6, 6.07) is 20.4. The number of ketones is 1. The van der Waals surface area contributed by atoms with Crippen LogP contribution in [0.1, 0.15) is 35.7 Å². The van der Waals surface area contributed by atoms with Crippen molar-refractivity contribution >= 4 is 34.4 Å². The standard InChI is InChI=1S/C28H27N5O3/c1-19(34)21-10-5-12-23(16-21)30-27(35)22-11-7-15-32(18-22)26-28(36)33(17-20-8-3-2-4-9-20)25-24(31-26)13-6-14-29-25/h2-6,8-10,12-14,16,22H,7,11,15,17-18H2,1H3,(H,30,35)/t22-/m0/s1. The number of rotatable bonds is 6. The zero-order valence-electron chi connectivity index (χ0n) is 20.1. The van der Waals surface area contributed by atoms with Gasteiger partial charge >= 0.3 is 0 Å². The van der Waals surface area contributed by atoms with Crippen molar-refractivity contribution in [3.05, 3.63) is 94.4 Å². The highest BCUT2D eigenvalue weighted by Gasteiger charge is 2.29. The molecule has 1 aliphatic heterocycles. The Bertz CT molecular complexity index is 1480. The minimum absolute atomic E-state index is 0.0569. The number of piperidine rings is 1. The first-order valence-electron chi connectivity index (χ1n) is 12.1. The lowest BCUT2D eigenvalue weighted by atomic mass is 9.97. The molecule has 1 atom stereocenters. The van der Waals surface area contributed by atoms with E-state index in [2.05, 4.69) is 15.3 Å². The van der Waals surface area contributed by atoms with Crippen LogP contribution in [0, 0.1) is 5.92 Å². The molecule has 0 aliphatic carbocycles. The van der Waals surface area contributed by atoms with Crippen molar-refractivity contribution in [1.29, 1.82) is 0 Å². The maximum absolute atomic E-state index is 13.6. The van der Waals surface area contributed by atoms with Gasteiger partial charge in [-0.05, 0) is 49.6 Å². The van der Waals surface area contributed by atoms with E-state index >= 15 is 0 Å². The van der Waals surface area contributed by atoms with Crippen LogP contribution in [0.5, 0.6) is 0 Å². The lowest BCUT2D eigenvalue weighted by molar-refractivity contribution is -0.120. The normalized spacial score (nSPS) is 15.6. The lowest BCUT2D eigenvalue weighted by Crippen LogP contribution is -2.44. The maximum atomic E-state index is 13.6. The summed E-state index contributed by atoms with van der Waals surface area (Å²) in [6.07, 6.45) is 3.13. The summed E-state index contributed by atoms with van der Waals surface area (Å²) in [5.74, 6) is -0.165. The molecule has 182 valence electrons. The molecule has 36 heavy (non-hydrogen) atoms. The molecule has 1 N–H and O–H groups in total. The van der Waals surface area contributed by atoms with Crippen LogP contribution in [-0.4, -0.2) is 39.3 Å². The fourth-order valence-electron chi connectivity index (χ4n) is 4.62. The number of nitrogens with one attached hydrogen (secondary N) is 1. The molecule has 2 aromatic carbocycles. The number of aromatic nitrogens is 3. The molecule has 0 unspecified atom stereocenters. The van der Waals surface area contributed by atoms with E-state index in [-0.39, 0.29) is 23.2 Å². The third kappa shape index (κ3) is 4.88. The van der Waals surface area contributed by atoms with E-state index in [0.717, 1.165) is 12.0 Å². The number of carbonyl (C=O) groups is 2. The molecular formula is C28H27N5O3. The van der Waals surface area contributed by atoms with E-state index in [1.165, 1.54) is 6.92 Å². The van der Waals surface area contributed by atoms with Crippen molar-refractivity contribution in [2.45, 2.75) is 26.3 Å². The minimum Gasteiger partial charge on any atom is -0.351 e. The number of nitrogens with zero attached hydrogens (tertiary/aromatic N) is 4. The van der Waals surface area contributed by atoms with Crippen LogP contribution in [0.15, 0.2) is 77.7 Å². The summed E-state index contributed by atoms with van der Waals surface area (Å²) in [7, 11) is 0. The summed E-state index contributed by atoms with van der Waals surface area (Å²) >= 11 is 0. The molecule has 2 aromatic heterocycles. The van der Waals surface area contributed by atoms with Crippen molar-refractivity contribution in [3.8, 4) is 0 Å². The van der Waals surface area contributed by atoms with Crippen LogP contribution >= 0.6 is 0 Å². The van der Waals surface area contributed by atoms with Crippen molar-refractivity contribution in [1.82, 2.24) is 14.5 Å². The number of hydrogen-bond donors (Lipinski definition) is 1. The van der Waals surface area contributed by atoms with Crippen molar-refractivity contribution < 1.29 is 9.59 Å². The number of pyridine rings is 1. The second kappa shape index (κ2) is 10.1. The number of benzene rings is 2. The third-order valence-corrected chi connectivity index (χ3v) is 6.50. The molecule has 5 rings (SSSR count). The van der Waals surface area contributed by atoms with Gasteiger partial charge in [-0.1, -0.05) is 42.5 Å². The zero-order valence-corrected chi connectivity index (χ0v) is 20.1. The Labute approximate surface area is 208 Å². The highest BCUT2D eigenvalue weighted by molar-refractivity contribution is 5.97. The summed E-state index contributed by atoms with van der Waals surface area (Å²) in [4.78, 5) is 49.4. The van der Waals surface area contributed by atoms with Gasteiger partial charge < -0.3 is 10.2 Å². The molecule has 1 fully saturated rings. The van der Waals surface area contributed by atoms with Gasteiger partial charge in [0.25, 0.3) is 5.56 Å². The van der Waals surface area contributed by atoms with E-state index in [4.69, 9.17) is 0 Å². The molecule has 8 nitrogen and oxygen atoms in total. The van der Waals surface area contributed by atoms with Gasteiger partial charge in [0, 0.05) is 30.5 Å². The van der Waals surface area contributed by atoms with Gasteiger partial charge in [0.15, 0.2) is 17.2 Å². The average molecular weight is 482 g/mol. The van der Waals surface area contributed by atoms with Crippen LogP contribution in [0.4, 0.5) is 11.5 Å². The van der Waals surface area contributed by atoms with E-state index < -0.39 is 0 Å². The summed E-state index contributed by atoms with van der Waals surface area (Å²) in [6.45, 7) is 2.91. The van der Waals surface area contributed by atoms with E-state index in [1.807, 2.05) is 41.3 Å². The van der Waals surface area contributed by atoms with Gasteiger partial charge in [0.2, 0.25) is 5.91 Å². The summed E-state index contributed by atoms with van der Waals surface area (Å²) in [5.41, 5.74) is 3.08. The highest BCUT2D eigenvalue weighted by atomic mass is 16.2. The molecule has 4 aromatic rings. The Kier molecular flexibility index (Phi) is 6.58. The van der Waals surface area contributed by atoms with Crippen LogP contribution in [-0.2, 0) is 11.3 Å². The Morgan fingerprint density at radius 1 is 1.06 bits per heavy atom. The Hall–Kier alpha value is -4.33. The van der Waals surface area contributed by atoms with Crippen molar-refractivity contribution in [2.24, 2.45) is 5.92 Å². The van der Waals surface area contributed by atoms with E-state index in [0.29, 0.717) is 54.3 Å². The van der Waals surface area contributed by atoms with Crippen LogP contribution in [0.25, 0.3) is 11.2 Å². The molecule has 8 heteroatoms. The molecule has 3 heterocycles. The number of Topliss-reactive ketones (excluding diaryl/α,β-unsaturated/α-hetero) is 1. The predicted octanol–water partition coefficient (Wildman–Crippen LogP) is 3.90. The number of fused-ring (bicyclic) bond motifs is 1. The largest absolute Gasteiger partial charge is 0.351 e. The summed E-state index contributed by atoms with van der Waals surface area (Å²) in [5, 5.41) is 2.94. The molecule has 0 spiro atoms. The minimum atomic E-state index is -0.312. The molecule has 1 amide bonds. The fourth-order valence-corrected chi connectivity index (χ4v) is 4.62. The third-order valence-electron chi connectivity index (χ3n) is 6.50. The highest BCUT2D eigenvalue weighted by Crippen LogP contribution is 2.23. The Morgan fingerprint density at radius 2 is 1.89 bits per heavy atom. The smallest absolute Gasteiger partial charge is 0.295 e. The van der Waals surface area contributed by atoms with Gasteiger partial charge in [0.1, 0.15) is 5.52 Å². The summed E-state index contributed by atoms with van der Waals surface area (Å²) < 4.78 is 1.66. The van der Waals surface area contributed by atoms with Crippen molar-refractivity contribution in [2.75, 3.05) is 23.3 Å². The van der Waals surface area contributed by atoms with Gasteiger partial charge in [0.05, 0.1) is 12.5 Å². The van der Waals surface area contributed by atoms with E-state index in [1.54, 1.807) is 41.1 Å². The maximum Gasteiger partial charge on any atom is 0.295 e. The molecule has 0 saturated carbocycles. The van der Waals surface area contributed by atoms with Crippen LogP contribution < -0.4 is 15.8 Å². The number of anilines is 2. The Morgan fingerprint density at radius 3 is 2.69 bits per heavy atom. The fraction of sp³-hybridized carbons (Fsp3) is 0.250. The first-order valence-corrected chi connectivity index (χ1v) is 12.1. The first-order chi connectivity index (χ1) is 17.5. The average Bonchev–Trinajstić information content (AvgIpc) is 2.91. The zero-order chi connectivity index (χ0) is 25.1. The number of carbonyl (C=O) groups excluding carboxylic acids is 2. The van der Waals surface area contributed by atoms with Crippen LogP contribution in [0.2, 0.25) is 0 Å². The van der Waals surface area contributed by atoms with Gasteiger partial charge in [-0.3, -0.25) is 19.0 Å². The second-order valence-corrected chi connectivity index (χ2v) is 9.07. The molecule has 0 radical (unpaired) electrons. The molecule has 1 aliphatic rings. The predicted molar refractivity (Wildman–Crippen MR) is 139 cm³/mol. The molecular weight excluding hydrogens is 454 g/mol. The van der Waals surface area contributed by atoms with Crippen LogP contribution in [0.3, 0.4) is 0 Å². The van der Waals surface area contributed by atoms with Gasteiger partial charge in [-0.15, -0.1) is 0 Å². The number of amides is 1. The molecule has 1 saturated heterocycles. The Balaban J connectivity index is 1.42. The SMILES string of the molecule is CC(=O)c1cccc(NC(=O)[C@H]2CCCN(c3nc4cccnc4n(Cc4ccccc4)c3=O)C2)c1. The molecule has 0 bridgehead atoms. The topological polar surface area (TPSA) is 97.2 Å². The lowest BCUT2D eigenvalue weighted by Gasteiger charge is -2.32.